The van der Waals surface area contributed by atoms with Crippen LogP contribution < -0.4 is 0 Å². The first-order valence-corrected chi connectivity index (χ1v) is 3.83. The number of aryl methyl sites for hydroxylation is 2. The molecule has 0 amide bonds. The summed E-state index contributed by atoms with van der Waals surface area (Å²) in [5.41, 5.74) is 3.87. The second-order valence-electron chi connectivity index (χ2n) is 2.92. The normalized spacial score (nSPS) is 9.83. The third-order valence-electron chi connectivity index (χ3n) is 2.22. The first-order valence-electron chi connectivity index (χ1n) is 3.83. The molecule has 0 bridgehead atoms. The molecule has 0 spiro atoms. The number of H-pyrrole nitrogens is 1. The molecule has 2 aromatic rings. The van der Waals surface area contributed by atoms with Gasteiger partial charge in [0.1, 0.15) is 0 Å². The molecule has 1 aromatic heterocycles. The van der Waals surface area contributed by atoms with Crippen LogP contribution in [0.25, 0.3) is 10.9 Å². The molecule has 0 unspecified atom stereocenters. The third-order valence-corrected chi connectivity index (χ3v) is 2.22. The Kier molecular flexibility index (Phi) is 2.22. The van der Waals surface area contributed by atoms with Crippen molar-refractivity contribution in [2.75, 3.05) is 0 Å². The SMILES string of the molecule is C.Cc1[nH]c2ccccc2c1C. The molecule has 1 heterocycles. The number of nitrogens with one attached hydrogen (secondary N) is 1. The van der Waals surface area contributed by atoms with E-state index >= 15 is 0 Å². The van der Waals surface area contributed by atoms with Crippen molar-refractivity contribution in [2.24, 2.45) is 0 Å². The van der Waals surface area contributed by atoms with Gasteiger partial charge in [0.2, 0.25) is 0 Å². The zero-order chi connectivity index (χ0) is 7.84. The van der Waals surface area contributed by atoms with Gasteiger partial charge in [-0.05, 0) is 25.5 Å². The molecule has 0 aliphatic heterocycles. The van der Waals surface area contributed by atoms with Crippen molar-refractivity contribution in [3.8, 4) is 0 Å². The zero-order valence-electron chi connectivity index (χ0n) is 6.81. The fourth-order valence-corrected chi connectivity index (χ4v) is 1.42. The molecule has 1 aromatic carbocycles. The fourth-order valence-electron chi connectivity index (χ4n) is 1.42. The minimum atomic E-state index is 0. The minimum Gasteiger partial charge on any atom is -0.358 e. The van der Waals surface area contributed by atoms with Gasteiger partial charge in [-0.15, -0.1) is 0 Å². The van der Waals surface area contributed by atoms with Gasteiger partial charge >= 0.3 is 0 Å². The van der Waals surface area contributed by atoms with Crippen LogP contribution in [0.3, 0.4) is 0 Å². The summed E-state index contributed by atoms with van der Waals surface area (Å²) in [5.74, 6) is 0. The second-order valence-corrected chi connectivity index (χ2v) is 2.92. The summed E-state index contributed by atoms with van der Waals surface area (Å²) in [4.78, 5) is 3.33. The quantitative estimate of drug-likeness (QED) is 0.609. The van der Waals surface area contributed by atoms with Crippen LogP contribution in [0.1, 0.15) is 18.7 Å². The Morgan fingerprint density at radius 2 is 1.75 bits per heavy atom. The summed E-state index contributed by atoms with van der Waals surface area (Å²) in [5, 5.41) is 1.34. The summed E-state index contributed by atoms with van der Waals surface area (Å²) >= 11 is 0. The van der Waals surface area contributed by atoms with Gasteiger partial charge in [0.25, 0.3) is 0 Å². The van der Waals surface area contributed by atoms with Crippen molar-refractivity contribution in [1.29, 1.82) is 0 Å². The van der Waals surface area contributed by atoms with Crippen molar-refractivity contribution in [3.05, 3.63) is 35.5 Å². The second kappa shape index (κ2) is 3.02. The Morgan fingerprint density at radius 3 is 2.42 bits per heavy atom. The van der Waals surface area contributed by atoms with Crippen LogP contribution in [0, 0.1) is 13.8 Å². The maximum Gasteiger partial charge on any atom is 0.0458 e. The van der Waals surface area contributed by atoms with E-state index < -0.39 is 0 Å². The Hall–Kier alpha value is -1.24. The van der Waals surface area contributed by atoms with Crippen molar-refractivity contribution in [2.45, 2.75) is 21.3 Å². The van der Waals surface area contributed by atoms with Gasteiger partial charge in [-0.25, -0.2) is 0 Å². The molecule has 0 aliphatic carbocycles. The molecular formula is C11H15N. The van der Waals surface area contributed by atoms with Crippen LogP contribution in [0.4, 0.5) is 0 Å². The summed E-state index contributed by atoms with van der Waals surface area (Å²) in [6, 6.07) is 8.38. The Balaban J connectivity index is 0.000000720. The molecule has 0 radical (unpaired) electrons. The number of rotatable bonds is 0. The standard InChI is InChI=1S/C10H11N.CH4/c1-7-8(2)11-10-6-4-3-5-9(7)10;/h3-6,11H,1-2H3;1H4. The van der Waals surface area contributed by atoms with Crippen molar-refractivity contribution < 1.29 is 0 Å². The van der Waals surface area contributed by atoms with Gasteiger partial charge in [0.05, 0.1) is 0 Å². The predicted molar refractivity (Wildman–Crippen MR) is 54.5 cm³/mol. The average molecular weight is 161 g/mol. The van der Waals surface area contributed by atoms with Gasteiger partial charge in [-0.1, -0.05) is 25.6 Å². The highest BCUT2D eigenvalue weighted by Gasteiger charge is 2.00. The van der Waals surface area contributed by atoms with Gasteiger partial charge in [-0.3, -0.25) is 0 Å². The number of hydrogen-bond donors (Lipinski definition) is 1. The molecule has 0 fully saturated rings. The van der Waals surface area contributed by atoms with Crippen molar-refractivity contribution >= 4 is 10.9 Å². The molecule has 0 saturated carbocycles. The molecule has 1 nitrogen and oxygen atoms in total. The lowest BCUT2D eigenvalue weighted by Gasteiger charge is -1.87. The molecule has 12 heavy (non-hydrogen) atoms. The first-order chi connectivity index (χ1) is 5.29. The highest BCUT2D eigenvalue weighted by atomic mass is 14.7. The van der Waals surface area contributed by atoms with E-state index in [9.17, 15) is 0 Å². The number of aromatic nitrogens is 1. The summed E-state index contributed by atoms with van der Waals surface area (Å²) in [6.45, 7) is 4.25. The Labute approximate surface area is 73.4 Å². The van der Waals surface area contributed by atoms with Crippen LogP contribution >= 0.6 is 0 Å². The Bertz CT molecular complexity index is 385. The molecule has 0 saturated heterocycles. The summed E-state index contributed by atoms with van der Waals surface area (Å²) in [7, 11) is 0. The number of hydrogen-bond acceptors (Lipinski definition) is 0. The van der Waals surface area contributed by atoms with E-state index in [1.54, 1.807) is 0 Å². The minimum absolute atomic E-state index is 0. The largest absolute Gasteiger partial charge is 0.358 e. The van der Waals surface area contributed by atoms with E-state index in [-0.39, 0.29) is 7.43 Å². The summed E-state index contributed by atoms with van der Waals surface area (Å²) in [6.07, 6.45) is 0. The van der Waals surface area contributed by atoms with Crippen molar-refractivity contribution in [3.63, 3.8) is 0 Å². The van der Waals surface area contributed by atoms with Gasteiger partial charge < -0.3 is 4.98 Å². The van der Waals surface area contributed by atoms with Crippen LogP contribution in [0.15, 0.2) is 24.3 Å². The molecule has 1 N–H and O–H groups in total. The van der Waals surface area contributed by atoms with E-state index in [0.717, 1.165) is 0 Å². The number of benzene rings is 1. The van der Waals surface area contributed by atoms with E-state index in [2.05, 4.69) is 43.1 Å². The monoisotopic (exact) mass is 161 g/mol. The number of fused-ring (bicyclic) bond motifs is 1. The van der Waals surface area contributed by atoms with E-state index in [1.807, 2.05) is 0 Å². The molecule has 0 atom stereocenters. The lowest BCUT2D eigenvalue weighted by atomic mass is 10.2. The molecular weight excluding hydrogens is 146 g/mol. The molecule has 0 aliphatic rings. The van der Waals surface area contributed by atoms with E-state index in [4.69, 9.17) is 0 Å². The molecule has 64 valence electrons. The first kappa shape index (κ1) is 8.85. The van der Waals surface area contributed by atoms with Gasteiger partial charge in [0.15, 0.2) is 0 Å². The predicted octanol–water partition coefficient (Wildman–Crippen LogP) is 3.42. The Morgan fingerprint density at radius 1 is 1.08 bits per heavy atom. The smallest absolute Gasteiger partial charge is 0.0458 e. The maximum atomic E-state index is 3.33. The number of aromatic amines is 1. The summed E-state index contributed by atoms with van der Waals surface area (Å²) < 4.78 is 0. The lowest BCUT2D eigenvalue weighted by Crippen LogP contribution is -1.70. The molecule has 2 rings (SSSR count). The van der Waals surface area contributed by atoms with Crippen LogP contribution in [-0.2, 0) is 0 Å². The number of para-hydroxylation sites is 1. The maximum absolute atomic E-state index is 3.33. The topological polar surface area (TPSA) is 15.8 Å². The third kappa shape index (κ3) is 1.11. The van der Waals surface area contributed by atoms with Crippen molar-refractivity contribution in [1.82, 2.24) is 4.98 Å². The lowest BCUT2D eigenvalue weighted by molar-refractivity contribution is 1.25. The van der Waals surface area contributed by atoms with E-state index in [0.29, 0.717) is 0 Å². The van der Waals surface area contributed by atoms with E-state index in [1.165, 1.54) is 22.2 Å². The average Bonchev–Trinajstić information content (AvgIpc) is 2.30. The molecule has 1 heteroatoms. The van der Waals surface area contributed by atoms with Gasteiger partial charge in [-0.2, -0.15) is 0 Å². The highest BCUT2D eigenvalue weighted by Crippen LogP contribution is 2.19. The van der Waals surface area contributed by atoms with Crippen LogP contribution in [0.2, 0.25) is 0 Å². The highest BCUT2D eigenvalue weighted by molar-refractivity contribution is 5.84. The van der Waals surface area contributed by atoms with Crippen LogP contribution in [0.5, 0.6) is 0 Å². The zero-order valence-corrected chi connectivity index (χ0v) is 6.81. The van der Waals surface area contributed by atoms with Gasteiger partial charge in [0, 0.05) is 16.6 Å². The van der Waals surface area contributed by atoms with Crippen LogP contribution in [-0.4, -0.2) is 4.98 Å². The fraction of sp³-hybridized carbons (Fsp3) is 0.273.